The second-order valence-corrected chi connectivity index (χ2v) is 6.33. The molecule has 2 N–H and O–H groups in total. The molecule has 3 aromatic rings. The van der Waals surface area contributed by atoms with Crippen molar-refractivity contribution in [1.82, 2.24) is 20.6 Å². The van der Waals surface area contributed by atoms with Crippen LogP contribution >= 0.6 is 0 Å². The Kier molecular flexibility index (Phi) is 5.70. The van der Waals surface area contributed by atoms with E-state index in [-0.39, 0.29) is 12.5 Å². The summed E-state index contributed by atoms with van der Waals surface area (Å²) in [7, 11) is 0. The highest BCUT2D eigenvalue weighted by molar-refractivity contribution is 6.03. The molecule has 0 bridgehead atoms. The number of nitrogens with one attached hydrogen (secondary N) is 2. The van der Waals surface area contributed by atoms with E-state index >= 15 is 0 Å². The number of aromatic nitrogens is 4. The summed E-state index contributed by atoms with van der Waals surface area (Å²) in [6.07, 6.45) is 4.34. The summed E-state index contributed by atoms with van der Waals surface area (Å²) < 4.78 is 17.1. The molecule has 1 aliphatic rings. The number of hydrogen-bond donors (Lipinski definition) is 2. The molecule has 9 nitrogen and oxygen atoms in total. The SMILES string of the molecule is C=CCOc1ccc(/C=C/C(=O)Nc2cccc3c2OC(c2nnn[nH]2)CO3)cc1. The van der Waals surface area contributed by atoms with Gasteiger partial charge in [-0.25, -0.2) is 5.10 Å². The summed E-state index contributed by atoms with van der Waals surface area (Å²) in [5.41, 5.74) is 1.36. The zero-order valence-electron chi connectivity index (χ0n) is 15.9. The molecule has 1 aromatic heterocycles. The Balaban J connectivity index is 1.43. The number of para-hydroxylation sites is 1. The van der Waals surface area contributed by atoms with Gasteiger partial charge in [0, 0.05) is 6.08 Å². The Bertz CT molecular complexity index is 1050. The standard InChI is InChI=1S/C21H19N5O4/c1-2-12-28-15-9-6-14(7-10-15)8-11-19(27)22-16-4-3-5-17-20(16)30-18(13-29-17)21-23-25-26-24-21/h2-11,18H,1,12-13H2,(H,22,27)(H,23,24,25,26)/b11-8+. The molecule has 152 valence electrons. The largest absolute Gasteiger partial charge is 0.490 e. The van der Waals surface area contributed by atoms with Crippen LogP contribution < -0.4 is 19.5 Å². The highest BCUT2D eigenvalue weighted by Gasteiger charge is 2.27. The zero-order chi connectivity index (χ0) is 20.8. The first-order valence-electron chi connectivity index (χ1n) is 9.22. The smallest absolute Gasteiger partial charge is 0.248 e. The number of tetrazole rings is 1. The molecule has 0 saturated heterocycles. The van der Waals surface area contributed by atoms with Gasteiger partial charge < -0.3 is 19.5 Å². The Morgan fingerprint density at radius 2 is 2.17 bits per heavy atom. The maximum absolute atomic E-state index is 12.4. The average Bonchev–Trinajstić information content (AvgIpc) is 3.32. The molecule has 1 atom stereocenters. The van der Waals surface area contributed by atoms with E-state index in [2.05, 4.69) is 32.5 Å². The molecule has 0 radical (unpaired) electrons. The lowest BCUT2D eigenvalue weighted by molar-refractivity contribution is -0.111. The van der Waals surface area contributed by atoms with Gasteiger partial charge in [0.15, 0.2) is 23.4 Å². The Morgan fingerprint density at radius 1 is 1.30 bits per heavy atom. The molecule has 9 heteroatoms. The summed E-state index contributed by atoms with van der Waals surface area (Å²) in [4.78, 5) is 12.4. The molecule has 1 aliphatic heterocycles. The Morgan fingerprint density at radius 3 is 2.93 bits per heavy atom. The van der Waals surface area contributed by atoms with E-state index in [1.165, 1.54) is 6.08 Å². The predicted molar refractivity (Wildman–Crippen MR) is 109 cm³/mol. The molecule has 0 saturated carbocycles. The second kappa shape index (κ2) is 8.91. The Hall–Kier alpha value is -4.14. The predicted octanol–water partition coefficient (Wildman–Crippen LogP) is 2.93. The lowest BCUT2D eigenvalue weighted by Gasteiger charge is -2.26. The molecular formula is C21H19N5O4. The van der Waals surface area contributed by atoms with Crippen molar-refractivity contribution < 1.29 is 19.0 Å². The molecule has 30 heavy (non-hydrogen) atoms. The van der Waals surface area contributed by atoms with Crippen molar-refractivity contribution in [2.24, 2.45) is 0 Å². The van der Waals surface area contributed by atoms with Crippen LogP contribution in [0.5, 0.6) is 17.2 Å². The van der Waals surface area contributed by atoms with E-state index < -0.39 is 6.10 Å². The molecular weight excluding hydrogens is 386 g/mol. The fourth-order valence-electron chi connectivity index (χ4n) is 2.81. The number of benzene rings is 2. The van der Waals surface area contributed by atoms with Crippen molar-refractivity contribution in [1.29, 1.82) is 0 Å². The lowest BCUT2D eigenvalue weighted by atomic mass is 10.2. The van der Waals surface area contributed by atoms with Crippen LogP contribution in [0.2, 0.25) is 0 Å². The number of hydrogen-bond acceptors (Lipinski definition) is 7. The highest BCUT2D eigenvalue weighted by atomic mass is 16.6. The molecule has 0 fully saturated rings. The van der Waals surface area contributed by atoms with Gasteiger partial charge in [-0.1, -0.05) is 30.9 Å². The van der Waals surface area contributed by atoms with E-state index in [0.717, 1.165) is 11.3 Å². The van der Waals surface area contributed by atoms with E-state index in [1.807, 2.05) is 24.3 Å². The average molecular weight is 405 g/mol. The minimum absolute atomic E-state index is 0.258. The topological polar surface area (TPSA) is 111 Å². The summed E-state index contributed by atoms with van der Waals surface area (Å²) in [6.45, 7) is 4.31. The van der Waals surface area contributed by atoms with Crippen molar-refractivity contribution in [2.45, 2.75) is 6.10 Å². The third kappa shape index (κ3) is 4.46. The van der Waals surface area contributed by atoms with Crippen molar-refractivity contribution in [2.75, 3.05) is 18.5 Å². The van der Waals surface area contributed by atoms with Gasteiger partial charge in [-0.15, -0.1) is 5.10 Å². The van der Waals surface area contributed by atoms with Crippen LogP contribution in [0.1, 0.15) is 17.5 Å². The maximum atomic E-state index is 12.4. The molecule has 0 aliphatic carbocycles. The third-order valence-electron chi connectivity index (χ3n) is 4.23. The van der Waals surface area contributed by atoms with Crippen LogP contribution in [0.25, 0.3) is 6.08 Å². The van der Waals surface area contributed by atoms with Crippen LogP contribution in [0.4, 0.5) is 5.69 Å². The molecule has 2 aromatic carbocycles. The van der Waals surface area contributed by atoms with Gasteiger partial charge in [0.25, 0.3) is 0 Å². The van der Waals surface area contributed by atoms with Crippen LogP contribution in [-0.4, -0.2) is 39.7 Å². The van der Waals surface area contributed by atoms with Gasteiger partial charge in [0.2, 0.25) is 5.91 Å². The van der Waals surface area contributed by atoms with Crippen molar-refractivity contribution in [3.05, 3.63) is 72.6 Å². The number of H-pyrrole nitrogens is 1. The molecule has 4 rings (SSSR count). The number of nitrogens with zero attached hydrogens (tertiary/aromatic N) is 3. The van der Waals surface area contributed by atoms with Crippen LogP contribution in [0.15, 0.2) is 61.2 Å². The van der Waals surface area contributed by atoms with E-state index in [9.17, 15) is 4.79 Å². The number of rotatable bonds is 7. The lowest BCUT2D eigenvalue weighted by Crippen LogP contribution is -2.24. The summed E-state index contributed by atoms with van der Waals surface area (Å²) >= 11 is 0. The second-order valence-electron chi connectivity index (χ2n) is 6.33. The number of carbonyl (C=O) groups is 1. The number of amides is 1. The van der Waals surface area contributed by atoms with Crippen molar-refractivity contribution >= 4 is 17.7 Å². The number of anilines is 1. The van der Waals surface area contributed by atoms with Crippen LogP contribution in [-0.2, 0) is 4.79 Å². The Labute approximate surface area is 172 Å². The first-order valence-corrected chi connectivity index (χ1v) is 9.22. The first kappa shape index (κ1) is 19.2. The number of fused-ring (bicyclic) bond motifs is 1. The minimum Gasteiger partial charge on any atom is -0.490 e. The van der Waals surface area contributed by atoms with E-state index in [4.69, 9.17) is 14.2 Å². The molecule has 1 amide bonds. The zero-order valence-corrected chi connectivity index (χ0v) is 15.9. The van der Waals surface area contributed by atoms with Gasteiger partial charge in [0.05, 0.1) is 5.69 Å². The first-order chi connectivity index (χ1) is 14.7. The molecule has 1 unspecified atom stereocenters. The fraction of sp³-hybridized carbons (Fsp3) is 0.143. The maximum Gasteiger partial charge on any atom is 0.248 e. The summed E-state index contributed by atoms with van der Waals surface area (Å²) in [5, 5.41) is 16.4. The van der Waals surface area contributed by atoms with Crippen LogP contribution in [0, 0.1) is 0 Å². The molecule has 2 heterocycles. The summed E-state index contributed by atoms with van der Waals surface area (Å²) in [5.74, 6) is 1.84. The van der Waals surface area contributed by atoms with Crippen LogP contribution in [0.3, 0.4) is 0 Å². The monoisotopic (exact) mass is 405 g/mol. The highest BCUT2D eigenvalue weighted by Crippen LogP contribution is 2.41. The van der Waals surface area contributed by atoms with Crippen molar-refractivity contribution in [3.63, 3.8) is 0 Å². The normalized spacial score (nSPS) is 15.0. The fourth-order valence-corrected chi connectivity index (χ4v) is 2.81. The quantitative estimate of drug-likeness (QED) is 0.459. The molecule has 0 spiro atoms. The van der Waals surface area contributed by atoms with E-state index in [1.54, 1.807) is 30.4 Å². The van der Waals surface area contributed by atoms with Gasteiger partial charge >= 0.3 is 0 Å². The van der Waals surface area contributed by atoms with E-state index in [0.29, 0.717) is 29.6 Å². The number of aromatic amines is 1. The minimum atomic E-state index is -0.497. The summed E-state index contributed by atoms with van der Waals surface area (Å²) in [6, 6.07) is 12.7. The van der Waals surface area contributed by atoms with Crippen molar-refractivity contribution in [3.8, 4) is 17.2 Å². The van der Waals surface area contributed by atoms with Gasteiger partial charge in [-0.2, -0.15) is 0 Å². The van der Waals surface area contributed by atoms with Gasteiger partial charge in [0.1, 0.15) is 19.0 Å². The number of ether oxygens (including phenoxy) is 3. The van der Waals surface area contributed by atoms with Gasteiger partial charge in [-0.05, 0) is 46.3 Å². The third-order valence-corrected chi connectivity index (χ3v) is 4.23. The number of carbonyl (C=O) groups excluding carboxylic acids is 1. The van der Waals surface area contributed by atoms with Gasteiger partial charge in [-0.3, -0.25) is 4.79 Å².